The number of aliphatic imine (C=N–C) groups is 1. The highest BCUT2D eigenvalue weighted by Crippen LogP contribution is 2.36. The molecule has 0 fully saturated rings. The van der Waals surface area contributed by atoms with Gasteiger partial charge in [-0.15, -0.1) is 0 Å². The van der Waals surface area contributed by atoms with Gasteiger partial charge in [0.1, 0.15) is 12.4 Å². The first-order chi connectivity index (χ1) is 21.6. The third-order valence-corrected chi connectivity index (χ3v) is 8.62. The summed E-state index contributed by atoms with van der Waals surface area (Å²) in [5.74, 6) is -0.967. The second-order valence-electron chi connectivity index (χ2n) is 10.3. The van der Waals surface area contributed by atoms with Crippen LogP contribution in [0.15, 0.2) is 82.7 Å². The van der Waals surface area contributed by atoms with Crippen molar-refractivity contribution in [2.24, 2.45) is 4.99 Å². The minimum atomic E-state index is -5.05. The summed E-state index contributed by atoms with van der Waals surface area (Å²) in [5.41, 5.74) is -0.284. The molecule has 3 N–H and O–H groups in total. The molecule has 0 radical (unpaired) electrons. The minimum absolute atomic E-state index is 0.00173. The van der Waals surface area contributed by atoms with Crippen LogP contribution in [0.1, 0.15) is 35.1 Å². The number of aliphatic hydroxyl groups is 1. The average Bonchev–Trinajstić information content (AvgIpc) is 3.46. The molecule has 4 rings (SSSR count). The fraction of sp³-hybridized carbons (Fsp3) is 0.333. The molecule has 0 aromatic heterocycles. The number of aliphatic hydroxyl groups excluding tert-OH is 1. The molecule has 1 aliphatic heterocycles. The van der Waals surface area contributed by atoms with Gasteiger partial charge in [-0.3, -0.25) is 10.2 Å². The summed E-state index contributed by atoms with van der Waals surface area (Å²) in [5, 5.41) is 8.91. The molecule has 3 aromatic carbocycles. The largest absolute Gasteiger partial charge is 0.494 e. The van der Waals surface area contributed by atoms with Crippen molar-refractivity contribution in [2.75, 3.05) is 25.6 Å². The number of benzene rings is 3. The molecule has 1 atom stereocenters. The van der Waals surface area contributed by atoms with E-state index in [0.717, 1.165) is 0 Å². The minimum Gasteiger partial charge on any atom is -0.494 e. The van der Waals surface area contributed by atoms with Crippen molar-refractivity contribution in [2.45, 2.75) is 42.2 Å². The lowest BCUT2D eigenvalue weighted by molar-refractivity contribution is -0.143. The quantitative estimate of drug-likeness (QED) is 0.137. The van der Waals surface area contributed by atoms with Crippen LogP contribution in [0.25, 0.3) is 0 Å². The number of alkyl halides is 6. The Hall–Kier alpha value is -4.15. The van der Waals surface area contributed by atoms with Gasteiger partial charge in [0.2, 0.25) is 5.90 Å². The van der Waals surface area contributed by atoms with Crippen molar-refractivity contribution in [3.8, 4) is 5.75 Å². The van der Waals surface area contributed by atoms with Crippen LogP contribution in [-0.2, 0) is 38.3 Å². The molecular formula is C30H29F6N3O6S. The van der Waals surface area contributed by atoms with E-state index in [4.69, 9.17) is 14.6 Å². The first kappa shape index (κ1) is 34.7. The summed E-state index contributed by atoms with van der Waals surface area (Å²) >= 11 is 0. The Morgan fingerprint density at radius 3 is 2.17 bits per heavy atom. The number of sulfone groups is 1. The standard InChI is InChI=1S/C30H29F6N3O6S/c31-29(32,33)22-15-20(16-23(17-22)30(34,35)36)18-37-39-27(41)28(11-14-46(42,43)25-5-2-1-3-6-25)19-45-26(38-28)21-7-9-24(10-8-21)44-13-4-12-40/h1-3,5-10,15-17,37,40H,4,11-14,18-19H2,(H,39,41)/t28-/m0/s1. The normalized spacial score (nSPS) is 16.9. The van der Waals surface area contributed by atoms with Gasteiger partial charge >= 0.3 is 12.4 Å². The monoisotopic (exact) mass is 673 g/mol. The lowest BCUT2D eigenvalue weighted by Gasteiger charge is -2.23. The van der Waals surface area contributed by atoms with E-state index in [1.807, 2.05) is 0 Å². The molecule has 1 amide bonds. The van der Waals surface area contributed by atoms with Gasteiger partial charge in [-0.1, -0.05) is 18.2 Å². The van der Waals surface area contributed by atoms with Crippen LogP contribution in [-0.4, -0.2) is 56.4 Å². The molecule has 16 heteroatoms. The zero-order valence-electron chi connectivity index (χ0n) is 24.0. The highest BCUT2D eigenvalue weighted by atomic mass is 32.2. The van der Waals surface area contributed by atoms with E-state index in [1.165, 1.54) is 24.3 Å². The van der Waals surface area contributed by atoms with Crippen molar-refractivity contribution >= 4 is 21.6 Å². The van der Waals surface area contributed by atoms with Crippen molar-refractivity contribution in [1.29, 1.82) is 0 Å². The van der Waals surface area contributed by atoms with Crippen LogP contribution >= 0.6 is 0 Å². The van der Waals surface area contributed by atoms with E-state index in [0.29, 0.717) is 29.9 Å². The Morgan fingerprint density at radius 1 is 0.957 bits per heavy atom. The van der Waals surface area contributed by atoms with Gasteiger partial charge in [-0.05, 0) is 66.6 Å². The predicted octanol–water partition coefficient (Wildman–Crippen LogP) is 4.69. The van der Waals surface area contributed by atoms with Crippen molar-refractivity contribution in [1.82, 2.24) is 10.9 Å². The number of hydrazine groups is 1. The maximum Gasteiger partial charge on any atom is 0.416 e. The van der Waals surface area contributed by atoms with Crippen LogP contribution in [0.4, 0.5) is 26.3 Å². The van der Waals surface area contributed by atoms with Gasteiger partial charge in [0, 0.05) is 25.1 Å². The lowest BCUT2D eigenvalue weighted by atomic mass is 9.98. The Balaban J connectivity index is 1.56. The number of nitrogens with zero attached hydrogens (tertiary/aromatic N) is 1. The fourth-order valence-corrected chi connectivity index (χ4v) is 5.83. The van der Waals surface area contributed by atoms with Crippen LogP contribution in [0.2, 0.25) is 0 Å². The maximum atomic E-state index is 13.5. The molecule has 1 heterocycles. The number of hydrogen-bond donors (Lipinski definition) is 3. The van der Waals surface area contributed by atoms with Crippen LogP contribution < -0.4 is 15.6 Å². The number of carbonyl (C=O) groups excluding carboxylic acids is 1. The van der Waals surface area contributed by atoms with Crippen LogP contribution in [0.5, 0.6) is 5.75 Å². The molecule has 3 aromatic rings. The summed E-state index contributed by atoms with van der Waals surface area (Å²) in [6.07, 6.45) is -10.1. The molecule has 46 heavy (non-hydrogen) atoms. The molecule has 0 unspecified atom stereocenters. The smallest absolute Gasteiger partial charge is 0.416 e. The molecule has 0 saturated heterocycles. The number of carbonyl (C=O) groups is 1. The predicted molar refractivity (Wildman–Crippen MR) is 153 cm³/mol. The van der Waals surface area contributed by atoms with Gasteiger partial charge in [-0.2, -0.15) is 26.3 Å². The number of nitrogens with one attached hydrogen (secondary N) is 2. The Morgan fingerprint density at radius 2 is 1.59 bits per heavy atom. The van der Waals surface area contributed by atoms with E-state index in [9.17, 15) is 39.6 Å². The van der Waals surface area contributed by atoms with Crippen LogP contribution in [0, 0.1) is 0 Å². The molecule has 248 valence electrons. The number of hydrogen-bond acceptors (Lipinski definition) is 8. The van der Waals surface area contributed by atoms with Gasteiger partial charge in [0.15, 0.2) is 15.4 Å². The molecule has 9 nitrogen and oxygen atoms in total. The summed E-state index contributed by atoms with van der Waals surface area (Å²) in [6, 6.07) is 14.9. The number of rotatable bonds is 13. The summed E-state index contributed by atoms with van der Waals surface area (Å²) in [7, 11) is -3.89. The molecule has 0 bridgehead atoms. The zero-order valence-corrected chi connectivity index (χ0v) is 24.8. The van der Waals surface area contributed by atoms with Gasteiger partial charge in [0.05, 0.1) is 28.4 Å². The third kappa shape index (κ3) is 8.76. The van der Waals surface area contributed by atoms with Crippen molar-refractivity contribution in [3.05, 3.63) is 95.1 Å². The molecule has 0 spiro atoms. The number of halogens is 6. The van der Waals surface area contributed by atoms with Gasteiger partial charge in [0.25, 0.3) is 5.91 Å². The molecule has 1 aliphatic rings. The van der Waals surface area contributed by atoms with Crippen LogP contribution in [0.3, 0.4) is 0 Å². The molecule has 0 saturated carbocycles. The SMILES string of the molecule is O=C(NNCc1cc(C(F)(F)F)cc(C(F)(F)F)c1)[C@]1(CCS(=O)(=O)c2ccccc2)COC(c2ccc(OCCCO)cc2)=N1. The molecule has 0 aliphatic carbocycles. The summed E-state index contributed by atoms with van der Waals surface area (Å²) < 4.78 is 117. The van der Waals surface area contributed by atoms with E-state index in [2.05, 4.69) is 15.8 Å². The highest BCUT2D eigenvalue weighted by molar-refractivity contribution is 7.91. The van der Waals surface area contributed by atoms with E-state index < -0.39 is 69.2 Å². The van der Waals surface area contributed by atoms with E-state index in [1.54, 1.807) is 30.3 Å². The van der Waals surface area contributed by atoms with Gasteiger partial charge < -0.3 is 14.6 Å². The topological polar surface area (TPSA) is 126 Å². The zero-order chi connectivity index (χ0) is 33.6. The third-order valence-electron chi connectivity index (χ3n) is 6.89. The Labute approximate surface area is 260 Å². The second kappa shape index (κ2) is 14.1. The first-order valence-corrected chi connectivity index (χ1v) is 15.4. The van der Waals surface area contributed by atoms with Crippen molar-refractivity contribution < 1.29 is 54.1 Å². The second-order valence-corrected chi connectivity index (χ2v) is 12.4. The van der Waals surface area contributed by atoms with E-state index >= 15 is 0 Å². The highest BCUT2D eigenvalue weighted by Gasteiger charge is 2.45. The summed E-state index contributed by atoms with van der Waals surface area (Å²) in [4.78, 5) is 17.9. The van der Waals surface area contributed by atoms with E-state index in [-0.39, 0.29) is 36.5 Å². The number of ether oxygens (including phenoxy) is 2. The molecular weight excluding hydrogens is 644 g/mol. The summed E-state index contributed by atoms with van der Waals surface area (Å²) in [6.45, 7) is -0.809. The lowest BCUT2D eigenvalue weighted by Crippen LogP contribution is -2.52. The average molecular weight is 674 g/mol. The fourth-order valence-electron chi connectivity index (χ4n) is 4.41. The van der Waals surface area contributed by atoms with Gasteiger partial charge in [-0.25, -0.2) is 18.8 Å². The Bertz CT molecular complexity index is 1620. The van der Waals surface area contributed by atoms with Crippen molar-refractivity contribution in [3.63, 3.8) is 0 Å². The Kier molecular flexibility index (Phi) is 10.6. The maximum absolute atomic E-state index is 13.5. The number of amides is 1. The first-order valence-electron chi connectivity index (χ1n) is 13.8.